The number of para-hydroxylation sites is 1. The lowest BCUT2D eigenvalue weighted by atomic mass is 10.2. The maximum Gasteiger partial charge on any atom is 0.293 e. The van der Waals surface area contributed by atoms with Gasteiger partial charge in [-0.25, -0.2) is 8.42 Å². The lowest BCUT2D eigenvalue weighted by Gasteiger charge is -2.26. The molecular weight excluding hydrogens is 406 g/mol. The van der Waals surface area contributed by atoms with E-state index in [2.05, 4.69) is 0 Å². The molecule has 1 aliphatic heterocycles. The van der Waals surface area contributed by atoms with Gasteiger partial charge in [0.1, 0.15) is 5.69 Å². The Morgan fingerprint density at radius 2 is 1.87 bits per heavy atom. The van der Waals surface area contributed by atoms with Gasteiger partial charge in [-0.2, -0.15) is 0 Å². The maximum absolute atomic E-state index is 13.2. The highest BCUT2D eigenvalue weighted by Crippen LogP contribution is 2.33. The van der Waals surface area contributed by atoms with Crippen molar-refractivity contribution in [3.8, 4) is 0 Å². The summed E-state index contributed by atoms with van der Waals surface area (Å²) in [6.07, 6.45) is 1.93. The number of likely N-dealkylation sites (N-methyl/N-ethyl adjacent to an activating group) is 1. The summed E-state index contributed by atoms with van der Waals surface area (Å²) in [6, 6.07) is 12.8. The third-order valence-corrected chi connectivity index (χ3v) is 7.13. The quantitative estimate of drug-likeness (QED) is 0.441. The Labute approximate surface area is 177 Å². The van der Waals surface area contributed by atoms with Crippen LogP contribution in [-0.4, -0.2) is 45.7 Å². The van der Waals surface area contributed by atoms with Crippen molar-refractivity contribution in [3.63, 3.8) is 0 Å². The second kappa shape index (κ2) is 9.44. The van der Waals surface area contributed by atoms with Gasteiger partial charge in [-0.05, 0) is 51.0 Å². The molecule has 162 valence electrons. The molecule has 1 fully saturated rings. The number of ether oxygens (including phenoxy) is 1. The summed E-state index contributed by atoms with van der Waals surface area (Å²) in [5, 5.41) is 11.8. The molecule has 0 radical (unpaired) electrons. The number of nitro benzene ring substituents is 1. The molecule has 0 aliphatic carbocycles. The highest BCUT2D eigenvalue weighted by Gasteiger charge is 2.29. The SMILES string of the molecule is CCN(C[C@H]1CCCO1)c1ccc(S(=O)(=O)N(CC)c2ccccc2)cc1[N+](=O)[O-]. The molecule has 0 amide bonds. The van der Waals surface area contributed by atoms with Crippen LogP contribution < -0.4 is 9.21 Å². The fourth-order valence-corrected chi connectivity index (χ4v) is 5.22. The third-order valence-electron chi connectivity index (χ3n) is 5.23. The molecule has 3 rings (SSSR count). The lowest BCUT2D eigenvalue weighted by molar-refractivity contribution is -0.384. The van der Waals surface area contributed by atoms with Gasteiger partial charge >= 0.3 is 0 Å². The second-order valence-electron chi connectivity index (χ2n) is 7.09. The molecule has 30 heavy (non-hydrogen) atoms. The van der Waals surface area contributed by atoms with E-state index < -0.39 is 14.9 Å². The van der Waals surface area contributed by atoms with E-state index in [4.69, 9.17) is 4.74 Å². The molecule has 0 unspecified atom stereocenters. The molecule has 1 atom stereocenters. The smallest absolute Gasteiger partial charge is 0.293 e. The maximum atomic E-state index is 13.2. The Kier molecular flexibility index (Phi) is 6.94. The minimum absolute atomic E-state index is 0.0293. The van der Waals surface area contributed by atoms with Crippen molar-refractivity contribution in [2.45, 2.75) is 37.7 Å². The highest BCUT2D eigenvalue weighted by atomic mass is 32.2. The van der Waals surface area contributed by atoms with Crippen LogP contribution in [0.4, 0.5) is 17.1 Å². The Balaban J connectivity index is 1.98. The van der Waals surface area contributed by atoms with Crippen LogP contribution in [0, 0.1) is 10.1 Å². The monoisotopic (exact) mass is 433 g/mol. The van der Waals surface area contributed by atoms with Crippen LogP contribution in [0.5, 0.6) is 0 Å². The van der Waals surface area contributed by atoms with E-state index in [1.165, 1.54) is 16.4 Å². The van der Waals surface area contributed by atoms with E-state index >= 15 is 0 Å². The molecule has 0 N–H and O–H groups in total. The molecule has 2 aromatic carbocycles. The van der Waals surface area contributed by atoms with Crippen LogP contribution in [0.2, 0.25) is 0 Å². The largest absolute Gasteiger partial charge is 0.376 e. The second-order valence-corrected chi connectivity index (χ2v) is 8.95. The molecule has 8 nitrogen and oxygen atoms in total. The molecule has 9 heteroatoms. The Bertz CT molecular complexity index is 975. The molecule has 1 aliphatic rings. The van der Waals surface area contributed by atoms with Crippen LogP contribution in [0.1, 0.15) is 26.7 Å². The van der Waals surface area contributed by atoms with Gasteiger partial charge in [0.15, 0.2) is 0 Å². The van der Waals surface area contributed by atoms with Gasteiger partial charge in [-0.1, -0.05) is 18.2 Å². The van der Waals surface area contributed by atoms with Gasteiger partial charge in [0.2, 0.25) is 0 Å². The van der Waals surface area contributed by atoms with Crippen LogP contribution in [0.15, 0.2) is 53.4 Å². The van der Waals surface area contributed by atoms with Crippen molar-refractivity contribution in [2.24, 2.45) is 0 Å². The van der Waals surface area contributed by atoms with Gasteiger partial charge in [0.05, 0.1) is 21.6 Å². The fourth-order valence-electron chi connectivity index (χ4n) is 3.72. The van der Waals surface area contributed by atoms with Crippen LogP contribution in [-0.2, 0) is 14.8 Å². The van der Waals surface area contributed by atoms with Crippen LogP contribution in [0.25, 0.3) is 0 Å². The van der Waals surface area contributed by atoms with E-state index in [0.717, 1.165) is 18.9 Å². The Hall–Kier alpha value is -2.65. The normalized spacial score (nSPS) is 16.4. The number of sulfonamides is 1. The summed E-state index contributed by atoms with van der Waals surface area (Å²) >= 11 is 0. The summed E-state index contributed by atoms with van der Waals surface area (Å²) in [7, 11) is -3.95. The highest BCUT2D eigenvalue weighted by molar-refractivity contribution is 7.92. The van der Waals surface area contributed by atoms with E-state index in [9.17, 15) is 18.5 Å². The molecule has 1 saturated heterocycles. The molecule has 1 heterocycles. The van der Waals surface area contributed by atoms with Crippen molar-refractivity contribution in [1.82, 2.24) is 0 Å². The zero-order valence-corrected chi connectivity index (χ0v) is 18.0. The van der Waals surface area contributed by atoms with Gasteiger partial charge in [0, 0.05) is 32.3 Å². The summed E-state index contributed by atoms with van der Waals surface area (Å²) in [4.78, 5) is 13.1. The topological polar surface area (TPSA) is 93.0 Å². The molecule has 0 aromatic heterocycles. The van der Waals surface area contributed by atoms with Gasteiger partial charge in [-0.3, -0.25) is 14.4 Å². The number of hydrogen-bond donors (Lipinski definition) is 0. The summed E-state index contributed by atoms with van der Waals surface area (Å²) in [5.41, 5.74) is 0.694. The fraction of sp³-hybridized carbons (Fsp3) is 0.429. The first kappa shape index (κ1) is 22.0. The average Bonchev–Trinajstić information content (AvgIpc) is 3.26. The van der Waals surface area contributed by atoms with E-state index in [-0.39, 0.29) is 23.2 Å². The minimum atomic E-state index is -3.95. The molecule has 0 saturated carbocycles. The van der Waals surface area contributed by atoms with Gasteiger partial charge in [0.25, 0.3) is 15.7 Å². The third kappa shape index (κ3) is 4.57. The number of nitrogens with zero attached hydrogens (tertiary/aromatic N) is 3. The number of rotatable bonds is 9. The van der Waals surface area contributed by atoms with E-state index in [0.29, 0.717) is 31.1 Å². The van der Waals surface area contributed by atoms with Gasteiger partial charge < -0.3 is 9.64 Å². The van der Waals surface area contributed by atoms with E-state index in [1.807, 2.05) is 11.8 Å². The molecule has 2 aromatic rings. The predicted molar refractivity (Wildman–Crippen MR) is 117 cm³/mol. The van der Waals surface area contributed by atoms with Crippen molar-refractivity contribution in [2.75, 3.05) is 35.4 Å². The van der Waals surface area contributed by atoms with Crippen molar-refractivity contribution in [1.29, 1.82) is 0 Å². The van der Waals surface area contributed by atoms with Gasteiger partial charge in [-0.15, -0.1) is 0 Å². The number of anilines is 2. The van der Waals surface area contributed by atoms with Crippen LogP contribution in [0.3, 0.4) is 0 Å². The zero-order valence-electron chi connectivity index (χ0n) is 17.2. The van der Waals surface area contributed by atoms with Crippen LogP contribution >= 0.6 is 0 Å². The average molecular weight is 434 g/mol. The lowest BCUT2D eigenvalue weighted by Crippen LogP contribution is -2.33. The molecule has 0 bridgehead atoms. The van der Waals surface area contributed by atoms with Crippen molar-refractivity contribution >= 4 is 27.1 Å². The first-order chi connectivity index (χ1) is 14.4. The van der Waals surface area contributed by atoms with Crippen molar-refractivity contribution < 1.29 is 18.1 Å². The molecule has 0 spiro atoms. The summed E-state index contributed by atoms with van der Waals surface area (Å²) < 4.78 is 33.4. The van der Waals surface area contributed by atoms with Crippen molar-refractivity contribution in [3.05, 3.63) is 58.6 Å². The summed E-state index contributed by atoms with van der Waals surface area (Å²) in [5.74, 6) is 0. The Morgan fingerprint density at radius 3 is 2.43 bits per heavy atom. The van der Waals surface area contributed by atoms with E-state index in [1.54, 1.807) is 37.3 Å². The summed E-state index contributed by atoms with van der Waals surface area (Å²) in [6.45, 7) is 5.65. The number of benzene rings is 2. The first-order valence-electron chi connectivity index (χ1n) is 10.1. The standard InChI is InChI=1S/C21H27N3O5S/c1-3-22(16-18-11-8-14-29-18)20-13-12-19(15-21(20)24(25)26)30(27,28)23(4-2)17-9-6-5-7-10-17/h5-7,9-10,12-13,15,18H,3-4,8,11,14,16H2,1-2H3/t18-/m1/s1. The zero-order chi connectivity index (χ0) is 21.7. The minimum Gasteiger partial charge on any atom is -0.376 e. The molecular formula is C21H27N3O5S. The number of hydrogen-bond acceptors (Lipinski definition) is 6. The predicted octanol–water partition coefficient (Wildman–Crippen LogP) is 3.82. The first-order valence-corrected chi connectivity index (χ1v) is 11.5. The Morgan fingerprint density at radius 1 is 1.13 bits per heavy atom. The number of nitro groups is 1.